The highest BCUT2D eigenvalue weighted by molar-refractivity contribution is 6.11. The Kier molecular flexibility index (Phi) is 4.73. The zero-order valence-corrected chi connectivity index (χ0v) is 19.7. The lowest BCUT2D eigenvalue weighted by Gasteiger charge is -2.40. The molecule has 1 saturated carbocycles. The van der Waals surface area contributed by atoms with Crippen LogP contribution >= 0.6 is 0 Å². The van der Waals surface area contributed by atoms with Crippen molar-refractivity contribution in [3.8, 4) is 11.8 Å². The van der Waals surface area contributed by atoms with E-state index in [1.54, 1.807) is 0 Å². The number of para-hydroxylation sites is 2. The van der Waals surface area contributed by atoms with Gasteiger partial charge in [0.05, 0.1) is 22.6 Å². The molecule has 6 rings (SSSR count). The van der Waals surface area contributed by atoms with Crippen LogP contribution in [-0.2, 0) is 11.2 Å². The molecule has 3 heterocycles. The summed E-state index contributed by atoms with van der Waals surface area (Å²) in [6, 6.07) is 16.3. The molecule has 2 aromatic heterocycles. The molecular formula is C28H28N4O2. The average molecular weight is 453 g/mol. The Morgan fingerprint density at radius 2 is 1.94 bits per heavy atom. The Bertz CT molecular complexity index is 1410. The number of rotatable bonds is 4. The fourth-order valence-corrected chi connectivity index (χ4v) is 5.59. The van der Waals surface area contributed by atoms with Crippen molar-refractivity contribution in [3.05, 3.63) is 71.5 Å². The number of nitrogens with zero attached hydrogens (tertiary/aromatic N) is 2. The zero-order chi connectivity index (χ0) is 23.4. The summed E-state index contributed by atoms with van der Waals surface area (Å²) in [6.07, 6.45) is 4.32. The second kappa shape index (κ2) is 7.69. The van der Waals surface area contributed by atoms with Gasteiger partial charge in [-0.05, 0) is 48.1 Å². The number of aryl methyl sites for hydroxylation is 1. The van der Waals surface area contributed by atoms with Gasteiger partial charge in [0.2, 0.25) is 0 Å². The molecule has 2 N–H and O–H groups in total. The molecule has 6 heteroatoms. The third kappa shape index (κ3) is 3.45. The van der Waals surface area contributed by atoms with Crippen LogP contribution in [0.5, 0.6) is 11.8 Å². The maximum absolute atomic E-state index is 13.5. The number of benzene rings is 2. The van der Waals surface area contributed by atoms with Crippen LogP contribution in [0.2, 0.25) is 0 Å². The summed E-state index contributed by atoms with van der Waals surface area (Å²) in [6.45, 7) is 6.45. The molecule has 1 aliphatic heterocycles. The minimum absolute atomic E-state index is 0.0661. The van der Waals surface area contributed by atoms with E-state index in [0.29, 0.717) is 18.2 Å². The summed E-state index contributed by atoms with van der Waals surface area (Å²) in [7, 11) is 0. The first kappa shape index (κ1) is 20.9. The van der Waals surface area contributed by atoms with Crippen molar-refractivity contribution in [2.24, 2.45) is 16.3 Å². The molecule has 34 heavy (non-hydrogen) atoms. The first-order valence-electron chi connectivity index (χ1n) is 11.9. The number of Topliss-reactive ketones (excluding diaryl/α,β-unsaturated/α-hetero) is 1. The maximum atomic E-state index is 13.5. The van der Waals surface area contributed by atoms with E-state index in [-0.39, 0.29) is 23.0 Å². The number of carbonyl (C=O) groups excluding carboxylic acids is 1. The molecule has 0 bridgehead atoms. The van der Waals surface area contributed by atoms with Crippen LogP contribution in [-0.4, -0.2) is 26.4 Å². The molecule has 1 aliphatic carbocycles. The van der Waals surface area contributed by atoms with E-state index in [2.05, 4.69) is 41.8 Å². The van der Waals surface area contributed by atoms with Crippen LogP contribution in [0.4, 0.5) is 5.69 Å². The van der Waals surface area contributed by atoms with Crippen LogP contribution in [0.25, 0.3) is 11.0 Å². The zero-order valence-electron chi connectivity index (χ0n) is 19.7. The predicted molar refractivity (Wildman–Crippen MR) is 133 cm³/mol. The van der Waals surface area contributed by atoms with Crippen molar-refractivity contribution in [3.63, 3.8) is 0 Å². The number of ether oxygens (including phenoxy) is 1. The third-order valence-corrected chi connectivity index (χ3v) is 7.06. The Hall–Kier alpha value is -3.67. The molecule has 1 fully saturated rings. The van der Waals surface area contributed by atoms with Gasteiger partial charge in [-0.25, -0.2) is 0 Å². The second-order valence-corrected chi connectivity index (χ2v) is 10.2. The largest absolute Gasteiger partial charge is 0.426 e. The van der Waals surface area contributed by atoms with Crippen LogP contribution in [0.3, 0.4) is 0 Å². The summed E-state index contributed by atoms with van der Waals surface area (Å²) in [5, 5.41) is 0. The normalized spacial score (nSPS) is 21.1. The van der Waals surface area contributed by atoms with Crippen LogP contribution < -0.4 is 4.74 Å². The smallest absolute Gasteiger partial charge is 0.300 e. The minimum Gasteiger partial charge on any atom is -0.426 e. The molecule has 6 nitrogen and oxygen atoms in total. The van der Waals surface area contributed by atoms with Gasteiger partial charge in [-0.1, -0.05) is 45.0 Å². The maximum Gasteiger partial charge on any atom is 0.300 e. The van der Waals surface area contributed by atoms with Gasteiger partial charge in [0.1, 0.15) is 11.5 Å². The number of hydrogen-bond acceptors (Lipinski definition) is 4. The lowest BCUT2D eigenvalue weighted by atomic mass is 9.64. The Morgan fingerprint density at radius 3 is 2.76 bits per heavy atom. The second-order valence-electron chi connectivity index (χ2n) is 10.2. The third-order valence-electron chi connectivity index (χ3n) is 7.06. The standard InChI is InChI=1S/C28H28N4O2/c1-4-19-26-18(15-29-19)24(25-22(30-26)13-28(2,3)14-23(25)33)16-8-7-9-17(12-16)34-27-31-20-10-5-6-11-21(20)32-27/h5-12,15,24-25,29H,4,13-14H2,1-3H3,(H,31,32). The lowest BCUT2D eigenvalue weighted by molar-refractivity contribution is -0.124. The highest BCUT2D eigenvalue weighted by Crippen LogP contribution is 2.50. The number of ketones is 1. The van der Waals surface area contributed by atoms with Crippen molar-refractivity contribution in [2.45, 2.75) is 46.0 Å². The molecule has 2 aliphatic rings. The average Bonchev–Trinajstić information content (AvgIpc) is 3.40. The summed E-state index contributed by atoms with van der Waals surface area (Å²) < 4.78 is 6.12. The number of aromatic nitrogens is 3. The van der Waals surface area contributed by atoms with E-state index < -0.39 is 0 Å². The van der Waals surface area contributed by atoms with E-state index >= 15 is 0 Å². The van der Waals surface area contributed by atoms with Crippen molar-refractivity contribution in [1.82, 2.24) is 15.0 Å². The Labute approximate surface area is 198 Å². The fourth-order valence-electron chi connectivity index (χ4n) is 5.59. The van der Waals surface area contributed by atoms with Gasteiger partial charge in [-0.15, -0.1) is 0 Å². The quantitative estimate of drug-likeness (QED) is 0.372. The summed E-state index contributed by atoms with van der Waals surface area (Å²) in [5.41, 5.74) is 7.02. The van der Waals surface area contributed by atoms with Gasteiger partial charge >= 0.3 is 0 Å². The lowest BCUT2D eigenvalue weighted by Crippen LogP contribution is -2.42. The highest BCUT2D eigenvalue weighted by atomic mass is 16.5. The summed E-state index contributed by atoms with van der Waals surface area (Å²) >= 11 is 0. The molecule has 2 aromatic carbocycles. The highest BCUT2D eigenvalue weighted by Gasteiger charge is 2.46. The first-order chi connectivity index (χ1) is 16.4. The van der Waals surface area contributed by atoms with E-state index in [1.807, 2.05) is 48.7 Å². The van der Waals surface area contributed by atoms with Crippen LogP contribution in [0, 0.1) is 11.3 Å². The van der Waals surface area contributed by atoms with Crippen molar-refractivity contribution < 1.29 is 9.53 Å². The van der Waals surface area contributed by atoms with Gasteiger partial charge in [-0.2, -0.15) is 4.98 Å². The molecular weight excluding hydrogens is 424 g/mol. The van der Waals surface area contributed by atoms with E-state index in [4.69, 9.17) is 9.73 Å². The molecule has 172 valence electrons. The van der Waals surface area contributed by atoms with Gasteiger partial charge in [0.25, 0.3) is 6.01 Å². The minimum atomic E-state index is -0.234. The first-order valence-corrected chi connectivity index (χ1v) is 11.9. The van der Waals surface area contributed by atoms with Gasteiger partial charge in [0, 0.05) is 35.5 Å². The number of nitrogens with one attached hydrogen (secondary N) is 2. The van der Waals surface area contributed by atoms with Gasteiger partial charge in [-0.3, -0.25) is 9.79 Å². The number of fused-ring (bicyclic) bond motifs is 3. The number of carbonyl (C=O) groups is 1. The summed E-state index contributed by atoms with van der Waals surface area (Å²) in [5.74, 6) is 0.648. The van der Waals surface area contributed by atoms with E-state index in [9.17, 15) is 4.79 Å². The number of aromatic amines is 2. The Balaban J connectivity index is 1.41. The molecule has 2 unspecified atom stereocenters. The van der Waals surface area contributed by atoms with Crippen molar-refractivity contribution in [1.29, 1.82) is 0 Å². The molecule has 0 amide bonds. The van der Waals surface area contributed by atoms with E-state index in [0.717, 1.165) is 52.1 Å². The van der Waals surface area contributed by atoms with Gasteiger partial charge < -0.3 is 14.7 Å². The topological polar surface area (TPSA) is 83.1 Å². The van der Waals surface area contributed by atoms with Crippen molar-refractivity contribution in [2.75, 3.05) is 0 Å². The number of H-pyrrole nitrogens is 2. The number of imidazole rings is 1. The van der Waals surface area contributed by atoms with Crippen molar-refractivity contribution >= 4 is 28.2 Å². The van der Waals surface area contributed by atoms with Gasteiger partial charge in [0.15, 0.2) is 0 Å². The van der Waals surface area contributed by atoms with Crippen LogP contribution in [0.1, 0.15) is 56.4 Å². The van der Waals surface area contributed by atoms with E-state index in [1.165, 1.54) is 0 Å². The van der Waals surface area contributed by atoms with Crippen LogP contribution in [0.15, 0.2) is 59.7 Å². The predicted octanol–water partition coefficient (Wildman–Crippen LogP) is 6.47. The molecule has 0 radical (unpaired) electrons. The monoisotopic (exact) mass is 452 g/mol. The number of hydrogen-bond donors (Lipinski definition) is 2. The molecule has 4 aromatic rings. The number of aliphatic imine (C=N–C) groups is 1. The summed E-state index contributed by atoms with van der Waals surface area (Å²) in [4.78, 5) is 29.7. The fraction of sp³-hybridized carbons (Fsp3) is 0.321. The SMILES string of the molecule is CCc1[nH]cc2c1N=C1CC(C)(C)CC(=O)C1C2c1cccc(Oc2nc3ccccc3[nH]2)c1. The Morgan fingerprint density at radius 1 is 1.09 bits per heavy atom. The molecule has 0 spiro atoms. The molecule has 2 atom stereocenters. The molecule has 0 saturated heterocycles.